The summed E-state index contributed by atoms with van der Waals surface area (Å²) in [6, 6.07) is 8.49. The summed E-state index contributed by atoms with van der Waals surface area (Å²) in [4.78, 5) is 0. The SMILES string of the molecule is CCOCc1cc2cc(Br)ccc2n1C. The van der Waals surface area contributed by atoms with Crippen molar-refractivity contribution < 1.29 is 4.74 Å². The fourth-order valence-electron chi connectivity index (χ4n) is 1.72. The molecule has 0 atom stereocenters. The monoisotopic (exact) mass is 267 g/mol. The molecule has 2 rings (SSSR count). The summed E-state index contributed by atoms with van der Waals surface area (Å²) in [5, 5.41) is 1.25. The second-order valence-corrected chi connectivity index (χ2v) is 4.45. The predicted octanol–water partition coefficient (Wildman–Crippen LogP) is 3.48. The van der Waals surface area contributed by atoms with E-state index in [9.17, 15) is 0 Å². The molecule has 2 nitrogen and oxygen atoms in total. The topological polar surface area (TPSA) is 14.2 Å². The molecule has 0 N–H and O–H groups in total. The lowest BCUT2D eigenvalue weighted by Gasteiger charge is -2.03. The molecule has 0 amide bonds. The van der Waals surface area contributed by atoms with Gasteiger partial charge in [0.2, 0.25) is 0 Å². The molecule has 0 radical (unpaired) electrons. The third kappa shape index (κ3) is 2.08. The Balaban J connectivity index is 2.44. The van der Waals surface area contributed by atoms with Crippen molar-refractivity contribution in [3.05, 3.63) is 34.4 Å². The smallest absolute Gasteiger partial charge is 0.0867 e. The normalized spacial score (nSPS) is 11.1. The molecule has 0 bridgehead atoms. The van der Waals surface area contributed by atoms with Crippen LogP contribution in [0.2, 0.25) is 0 Å². The molecule has 1 aromatic heterocycles. The number of aryl methyl sites for hydroxylation is 1. The summed E-state index contributed by atoms with van der Waals surface area (Å²) >= 11 is 3.48. The van der Waals surface area contributed by atoms with Gasteiger partial charge in [-0.25, -0.2) is 0 Å². The van der Waals surface area contributed by atoms with E-state index in [4.69, 9.17) is 4.74 Å². The molecule has 2 aromatic rings. The Morgan fingerprint density at radius 2 is 2.13 bits per heavy atom. The van der Waals surface area contributed by atoms with E-state index >= 15 is 0 Å². The molecule has 1 aromatic carbocycles. The van der Waals surface area contributed by atoms with E-state index in [1.165, 1.54) is 16.6 Å². The van der Waals surface area contributed by atoms with Crippen LogP contribution in [0.4, 0.5) is 0 Å². The highest BCUT2D eigenvalue weighted by molar-refractivity contribution is 9.10. The molecular formula is C12H14BrNO. The number of rotatable bonds is 3. The molecule has 0 saturated carbocycles. The van der Waals surface area contributed by atoms with Crippen LogP contribution in [-0.4, -0.2) is 11.2 Å². The minimum atomic E-state index is 0.680. The van der Waals surface area contributed by atoms with Crippen molar-refractivity contribution in [1.82, 2.24) is 4.57 Å². The first-order chi connectivity index (χ1) is 7.22. The summed E-state index contributed by atoms with van der Waals surface area (Å²) in [5.74, 6) is 0. The summed E-state index contributed by atoms with van der Waals surface area (Å²) in [5.41, 5.74) is 2.46. The van der Waals surface area contributed by atoms with Crippen LogP contribution in [-0.2, 0) is 18.4 Å². The molecule has 0 aliphatic heterocycles. The third-order valence-electron chi connectivity index (χ3n) is 2.56. The molecule has 0 spiro atoms. The van der Waals surface area contributed by atoms with Gasteiger partial charge in [0, 0.05) is 34.7 Å². The molecule has 3 heteroatoms. The molecule has 0 saturated heterocycles. The number of benzene rings is 1. The number of hydrogen-bond acceptors (Lipinski definition) is 1. The second-order valence-electron chi connectivity index (χ2n) is 3.53. The lowest BCUT2D eigenvalue weighted by molar-refractivity contribution is 0.129. The molecule has 0 aliphatic rings. The Bertz CT molecular complexity index is 476. The van der Waals surface area contributed by atoms with Crippen molar-refractivity contribution in [3.63, 3.8) is 0 Å². The molecule has 1 heterocycles. The fourth-order valence-corrected chi connectivity index (χ4v) is 2.10. The fraction of sp³-hybridized carbons (Fsp3) is 0.333. The second kappa shape index (κ2) is 4.37. The van der Waals surface area contributed by atoms with Gasteiger partial charge in [0.1, 0.15) is 0 Å². The lowest BCUT2D eigenvalue weighted by atomic mass is 10.2. The van der Waals surface area contributed by atoms with Crippen molar-refractivity contribution in [1.29, 1.82) is 0 Å². The Kier molecular flexibility index (Phi) is 3.12. The van der Waals surface area contributed by atoms with Gasteiger partial charge in [-0.1, -0.05) is 15.9 Å². The molecule has 0 unspecified atom stereocenters. The van der Waals surface area contributed by atoms with Crippen LogP contribution < -0.4 is 0 Å². The van der Waals surface area contributed by atoms with Gasteiger partial charge in [-0.15, -0.1) is 0 Å². The molecule has 0 aliphatic carbocycles. The van der Waals surface area contributed by atoms with Gasteiger partial charge in [-0.05, 0) is 31.2 Å². The molecular weight excluding hydrogens is 254 g/mol. The standard InChI is InChI=1S/C12H14BrNO/c1-3-15-8-11-7-9-6-10(13)4-5-12(9)14(11)2/h4-7H,3,8H2,1-2H3. The zero-order chi connectivity index (χ0) is 10.8. The van der Waals surface area contributed by atoms with Gasteiger partial charge < -0.3 is 9.30 Å². The van der Waals surface area contributed by atoms with Crippen LogP contribution in [0, 0.1) is 0 Å². The highest BCUT2D eigenvalue weighted by Crippen LogP contribution is 2.23. The maximum atomic E-state index is 5.43. The van der Waals surface area contributed by atoms with Gasteiger partial charge in [-0.2, -0.15) is 0 Å². The summed E-state index contributed by atoms with van der Waals surface area (Å²) < 4.78 is 8.72. The Morgan fingerprint density at radius 3 is 2.87 bits per heavy atom. The number of nitrogens with zero attached hydrogens (tertiary/aromatic N) is 1. The third-order valence-corrected chi connectivity index (χ3v) is 3.05. The number of halogens is 1. The number of hydrogen-bond donors (Lipinski definition) is 0. The van der Waals surface area contributed by atoms with Crippen LogP contribution in [0.25, 0.3) is 10.9 Å². The van der Waals surface area contributed by atoms with E-state index in [0.29, 0.717) is 6.61 Å². The highest BCUT2D eigenvalue weighted by atomic mass is 79.9. The van der Waals surface area contributed by atoms with Gasteiger partial charge in [0.05, 0.1) is 6.61 Å². The van der Waals surface area contributed by atoms with E-state index < -0.39 is 0 Å². The van der Waals surface area contributed by atoms with Gasteiger partial charge >= 0.3 is 0 Å². The Labute approximate surface area is 98.0 Å². The van der Waals surface area contributed by atoms with Crippen molar-refractivity contribution in [3.8, 4) is 0 Å². The van der Waals surface area contributed by atoms with E-state index in [-0.39, 0.29) is 0 Å². The quantitative estimate of drug-likeness (QED) is 0.831. The van der Waals surface area contributed by atoms with Crippen LogP contribution >= 0.6 is 15.9 Å². The summed E-state index contributed by atoms with van der Waals surface area (Å²) in [6.45, 7) is 3.45. The Hall–Kier alpha value is -0.800. The average Bonchev–Trinajstić information content (AvgIpc) is 2.52. The first-order valence-corrected chi connectivity index (χ1v) is 5.83. The summed E-state index contributed by atoms with van der Waals surface area (Å²) in [7, 11) is 2.07. The largest absolute Gasteiger partial charge is 0.376 e. The molecule has 15 heavy (non-hydrogen) atoms. The van der Waals surface area contributed by atoms with Gasteiger partial charge in [-0.3, -0.25) is 0 Å². The van der Waals surface area contributed by atoms with E-state index in [2.05, 4.69) is 51.8 Å². The number of fused-ring (bicyclic) bond motifs is 1. The number of aromatic nitrogens is 1. The van der Waals surface area contributed by atoms with Crippen LogP contribution in [0.3, 0.4) is 0 Å². The van der Waals surface area contributed by atoms with Crippen molar-refractivity contribution in [2.75, 3.05) is 6.61 Å². The van der Waals surface area contributed by atoms with E-state index in [1.807, 2.05) is 6.92 Å². The Morgan fingerprint density at radius 1 is 1.33 bits per heavy atom. The van der Waals surface area contributed by atoms with Crippen molar-refractivity contribution >= 4 is 26.8 Å². The van der Waals surface area contributed by atoms with E-state index in [0.717, 1.165) is 11.1 Å². The van der Waals surface area contributed by atoms with Gasteiger partial charge in [0.25, 0.3) is 0 Å². The molecule has 0 fully saturated rings. The first-order valence-electron chi connectivity index (χ1n) is 5.04. The predicted molar refractivity (Wildman–Crippen MR) is 65.9 cm³/mol. The molecule has 80 valence electrons. The maximum Gasteiger partial charge on any atom is 0.0867 e. The first kappa shape index (κ1) is 10.7. The maximum absolute atomic E-state index is 5.43. The van der Waals surface area contributed by atoms with Gasteiger partial charge in [0.15, 0.2) is 0 Å². The van der Waals surface area contributed by atoms with Crippen LogP contribution in [0.1, 0.15) is 12.6 Å². The zero-order valence-electron chi connectivity index (χ0n) is 8.96. The number of ether oxygens (including phenoxy) is 1. The average molecular weight is 268 g/mol. The minimum absolute atomic E-state index is 0.680. The zero-order valence-corrected chi connectivity index (χ0v) is 10.5. The van der Waals surface area contributed by atoms with Crippen LogP contribution in [0.15, 0.2) is 28.7 Å². The summed E-state index contributed by atoms with van der Waals surface area (Å²) in [6.07, 6.45) is 0. The van der Waals surface area contributed by atoms with E-state index in [1.54, 1.807) is 0 Å². The minimum Gasteiger partial charge on any atom is -0.376 e. The van der Waals surface area contributed by atoms with Crippen molar-refractivity contribution in [2.45, 2.75) is 13.5 Å². The van der Waals surface area contributed by atoms with Crippen molar-refractivity contribution in [2.24, 2.45) is 7.05 Å². The lowest BCUT2D eigenvalue weighted by Crippen LogP contribution is -1.98. The van der Waals surface area contributed by atoms with Crippen LogP contribution in [0.5, 0.6) is 0 Å². The highest BCUT2D eigenvalue weighted by Gasteiger charge is 2.05.